The Kier molecular flexibility index (Phi) is 6.73. The van der Waals surface area contributed by atoms with Crippen LogP contribution in [0.3, 0.4) is 0 Å². The highest BCUT2D eigenvalue weighted by Crippen LogP contribution is 2.42. The van der Waals surface area contributed by atoms with Gasteiger partial charge in [0.05, 0.1) is 12.0 Å². The van der Waals surface area contributed by atoms with Crippen LogP contribution in [0, 0.1) is 5.41 Å². The van der Waals surface area contributed by atoms with Crippen LogP contribution in [0.25, 0.3) is 0 Å². The fraction of sp³-hybridized carbons (Fsp3) is 0.667. The first-order valence-corrected chi connectivity index (χ1v) is 11.6. The van der Waals surface area contributed by atoms with Crippen LogP contribution in [0.1, 0.15) is 62.1 Å². The number of hydrogen-bond acceptors (Lipinski definition) is 4. The summed E-state index contributed by atoms with van der Waals surface area (Å²) in [7, 11) is 0. The van der Waals surface area contributed by atoms with Gasteiger partial charge in [-0.1, -0.05) is 13.0 Å². The molecule has 1 aliphatic carbocycles. The fourth-order valence-electron chi connectivity index (χ4n) is 5.57. The van der Waals surface area contributed by atoms with Crippen molar-refractivity contribution < 1.29 is 32.6 Å². The van der Waals surface area contributed by atoms with Gasteiger partial charge >= 0.3 is 12.1 Å². The summed E-state index contributed by atoms with van der Waals surface area (Å²) in [6.07, 6.45) is -0.447. The van der Waals surface area contributed by atoms with Crippen LogP contribution in [0.4, 0.5) is 13.2 Å². The van der Waals surface area contributed by atoms with Crippen molar-refractivity contribution in [1.29, 1.82) is 0 Å². The number of benzene rings is 1. The fourth-order valence-corrected chi connectivity index (χ4v) is 5.57. The maximum Gasteiger partial charge on any atom is 0.416 e. The minimum Gasteiger partial charge on any atom is -0.481 e. The van der Waals surface area contributed by atoms with Crippen molar-refractivity contribution in [3.05, 3.63) is 34.9 Å². The van der Waals surface area contributed by atoms with Crippen LogP contribution in [0.15, 0.2) is 18.2 Å². The first-order chi connectivity index (χ1) is 15.5. The third-order valence-corrected chi connectivity index (χ3v) is 7.39. The van der Waals surface area contributed by atoms with Crippen molar-refractivity contribution >= 4 is 11.9 Å². The van der Waals surface area contributed by atoms with E-state index in [1.807, 2.05) is 6.92 Å². The van der Waals surface area contributed by atoms with E-state index in [1.54, 1.807) is 0 Å². The van der Waals surface area contributed by atoms with Crippen molar-refractivity contribution in [1.82, 2.24) is 10.2 Å². The zero-order valence-electron chi connectivity index (χ0n) is 18.8. The second-order valence-corrected chi connectivity index (χ2v) is 9.92. The molecule has 2 aliphatic heterocycles. The molecule has 33 heavy (non-hydrogen) atoms. The number of amides is 1. The molecule has 3 atom stereocenters. The van der Waals surface area contributed by atoms with Gasteiger partial charge in [0.1, 0.15) is 0 Å². The SMILES string of the molecule is C[C@]1(C(=O)N2Cc3cc(C(F)(F)F)ccc3CC2CC(=O)O)CC[C@@H](NC2CCOCC2)C1. The van der Waals surface area contributed by atoms with Gasteiger partial charge in [-0.3, -0.25) is 9.59 Å². The Hall–Kier alpha value is -2.13. The van der Waals surface area contributed by atoms with Gasteiger partial charge in [0, 0.05) is 43.3 Å². The van der Waals surface area contributed by atoms with E-state index in [1.165, 1.54) is 11.0 Å². The monoisotopic (exact) mass is 468 g/mol. The summed E-state index contributed by atoms with van der Waals surface area (Å²) in [5, 5.41) is 13.1. The zero-order chi connectivity index (χ0) is 23.8. The summed E-state index contributed by atoms with van der Waals surface area (Å²) < 4.78 is 45.1. The highest BCUT2D eigenvalue weighted by molar-refractivity contribution is 5.84. The van der Waals surface area contributed by atoms with Gasteiger partial charge in [-0.05, 0) is 61.8 Å². The molecular formula is C24H31F3N2O4. The molecule has 2 N–H and O–H groups in total. The molecule has 1 unspecified atom stereocenters. The summed E-state index contributed by atoms with van der Waals surface area (Å²) in [6.45, 7) is 3.36. The number of ether oxygens (including phenoxy) is 1. The first kappa shape index (κ1) is 24.0. The molecule has 0 bridgehead atoms. The number of carboxylic acids is 1. The lowest BCUT2D eigenvalue weighted by molar-refractivity contribution is -0.147. The molecule has 2 heterocycles. The van der Waals surface area contributed by atoms with Gasteiger partial charge in [-0.15, -0.1) is 0 Å². The molecule has 182 valence electrons. The lowest BCUT2D eigenvalue weighted by atomic mass is 9.83. The zero-order valence-corrected chi connectivity index (χ0v) is 18.8. The Labute approximate surface area is 191 Å². The van der Waals surface area contributed by atoms with E-state index in [2.05, 4.69) is 5.32 Å². The Bertz CT molecular complexity index is 900. The van der Waals surface area contributed by atoms with E-state index in [9.17, 15) is 27.9 Å². The summed E-state index contributed by atoms with van der Waals surface area (Å²) in [5.74, 6) is -1.18. The number of carbonyl (C=O) groups is 2. The number of alkyl halides is 3. The summed E-state index contributed by atoms with van der Waals surface area (Å²) >= 11 is 0. The Morgan fingerprint density at radius 3 is 2.58 bits per heavy atom. The molecule has 1 aromatic carbocycles. The van der Waals surface area contributed by atoms with Gasteiger partial charge in [-0.25, -0.2) is 0 Å². The molecule has 0 radical (unpaired) electrons. The third-order valence-electron chi connectivity index (χ3n) is 7.39. The van der Waals surface area contributed by atoms with Crippen molar-refractivity contribution in [2.45, 2.75) is 82.7 Å². The maximum absolute atomic E-state index is 13.7. The van der Waals surface area contributed by atoms with Gasteiger partial charge in [0.25, 0.3) is 0 Å². The van der Waals surface area contributed by atoms with Gasteiger partial charge < -0.3 is 20.1 Å². The number of rotatable bonds is 5. The largest absolute Gasteiger partial charge is 0.481 e. The van der Waals surface area contributed by atoms with Crippen molar-refractivity contribution in [2.75, 3.05) is 13.2 Å². The Morgan fingerprint density at radius 2 is 1.91 bits per heavy atom. The molecule has 0 aromatic heterocycles. The summed E-state index contributed by atoms with van der Waals surface area (Å²) in [6, 6.07) is 3.52. The van der Waals surface area contributed by atoms with Crippen molar-refractivity contribution in [3.63, 3.8) is 0 Å². The summed E-state index contributed by atoms with van der Waals surface area (Å²) in [5.41, 5.74) is -0.302. The second kappa shape index (κ2) is 9.25. The van der Waals surface area contributed by atoms with Crippen LogP contribution in [0.5, 0.6) is 0 Å². The molecule has 3 aliphatic rings. The molecule has 1 saturated carbocycles. The van der Waals surface area contributed by atoms with E-state index < -0.39 is 29.2 Å². The van der Waals surface area contributed by atoms with Crippen LogP contribution in [-0.4, -0.2) is 53.2 Å². The summed E-state index contributed by atoms with van der Waals surface area (Å²) in [4.78, 5) is 26.7. The number of fused-ring (bicyclic) bond motifs is 1. The van der Waals surface area contributed by atoms with Crippen LogP contribution >= 0.6 is 0 Å². The molecule has 1 aromatic rings. The molecule has 2 fully saturated rings. The highest BCUT2D eigenvalue weighted by Gasteiger charge is 2.46. The van der Waals surface area contributed by atoms with Gasteiger partial charge in [0.2, 0.25) is 5.91 Å². The van der Waals surface area contributed by atoms with Crippen molar-refractivity contribution in [3.8, 4) is 0 Å². The third kappa shape index (κ3) is 5.35. The minimum atomic E-state index is -4.47. The van der Waals surface area contributed by atoms with E-state index >= 15 is 0 Å². The van der Waals surface area contributed by atoms with Crippen molar-refractivity contribution in [2.24, 2.45) is 5.41 Å². The number of halogens is 3. The quantitative estimate of drug-likeness (QED) is 0.688. The smallest absolute Gasteiger partial charge is 0.416 e. The van der Waals surface area contributed by atoms with E-state index in [0.29, 0.717) is 30.0 Å². The highest BCUT2D eigenvalue weighted by atomic mass is 19.4. The number of nitrogens with one attached hydrogen (secondary N) is 1. The molecule has 1 amide bonds. The second-order valence-electron chi connectivity index (χ2n) is 9.92. The normalized spacial score (nSPS) is 28.5. The van der Waals surface area contributed by atoms with E-state index in [0.717, 1.165) is 44.6 Å². The molecule has 0 spiro atoms. The number of carboxylic acid groups (broad SMARTS) is 1. The number of aliphatic carboxylic acids is 1. The average molecular weight is 469 g/mol. The van der Waals surface area contributed by atoms with Crippen LogP contribution in [0.2, 0.25) is 0 Å². The minimum absolute atomic E-state index is 0.00365. The predicted octanol–water partition coefficient (Wildman–Crippen LogP) is 3.76. The molecule has 1 saturated heterocycles. The number of carbonyl (C=O) groups excluding carboxylic acids is 1. The molecule has 9 heteroatoms. The predicted molar refractivity (Wildman–Crippen MR) is 114 cm³/mol. The topological polar surface area (TPSA) is 78.9 Å². The number of hydrogen-bond donors (Lipinski definition) is 2. The van der Waals surface area contributed by atoms with Gasteiger partial charge in [-0.2, -0.15) is 13.2 Å². The Morgan fingerprint density at radius 1 is 1.18 bits per heavy atom. The molecule has 6 nitrogen and oxygen atoms in total. The van der Waals surface area contributed by atoms with E-state index in [-0.39, 0.29) is 31.3 Å². The maximum atomic E-state index is 13.7. The first-order valence-electron chi connectivity index (χ1n) is 11.6. The molecule has 4 rings (SSSR count). The number of nitrogens with zero attached hydrogens (tertiary/aromatic N) is 1. The van der Waals surface area contributed by atoms with Crippen LogP contribution < -0.4 is 5.32 Å². The Balaban J connectivity index is 1.52. The lowest BCUT2D eigenvalue weighted by Gasteiger charge is -2.41. The van der Waals surface area contributed by atoms with Crippen LogP contribution in [-0.2, 0) is 33.5 Å². The van der Waals surface area contributed by atoms with E-state index in [4.69, 9.17) is 4.74 Å². The average Bonchev–Trinajstić information content (AvgIpc) is 3.13. The molecular weight excluding hydrogens is 437 g/mol. The van der Waals surface area contributed by atoms with Gasteiger partial charge in [0.15, 0.2) is 0 Å². The standard InChI is InChI=1S/C24H31F3N2O4/c1-23(7-4-19(13-23)28-18-5-8-33-9-6-18)22(32)29-14-16-10-17(24(25,26)27)3-2-15(16)11-20(29)12-21(30)31/h2-3,10,18-20,28H,4-9,11-14H2,1H3,(H,30,31)/t19-,20?,23+/m1/s1. The lowest BCUT2D eigenvalue weighted by Crippen LogP contribution is -2.51.